The molecule has 0 bridgehead atoms. The number of hydrogen-bond donors (Lipinski definition) is 0. The molecule has 1 rings (SSSR count). The molecule has 0 aliphatic rings. The Balaban J connectivity index is 2.54. The molecule has 3 nitrogen and oxygen atoms in total. The van der Waals surface area contributed by atoms with Gasteiger partial charge in [-0.1, -0.05) is 22.9 Å². The molecule has 1 aromatic rings. The zero-order valence-corrected chi connectivity index (χ0v) is 13.3. The van der Waals surface area contributed by atoms with Crippen LogP contribution in [0.5, 0.6) is 5.75 Å². The first-order valence-electron chi connectivity index (χ1n) is 5.66. The highest BCUT2D eigenvalue weighted by atomic mass is 79.9. The maximum absolute atomic E-state index is 11.5. The van der Waals surface area contributed by atoms with Crippen molar-refractivity contribution in [3.63, 3.8) is 0 Å². The predicted molar refractivity (Wildman–Crippen MR) is 78.1 cm³/mol. The van der Waals surface area contributed by atoms with Gasteiger partial charge in [-0.25, -0.2) is 8.42 Å². The van der Waals surface area contributed by atoms with Gasteiger partial charge in [0.05, 0.1) is 11.5 Å². The summed E-state index contributed by atoms with van der Waals surface area (Å²) in [6.07, 6.45) is 0.636. The Morgan fingerprint density at radius 2 is 2.06 bits per heavy atom. The Kier molecular flexibility index (Phi) is 6.46. The fraction of sp³-hybridized carbons (Fsp3) is 0.500. The lowest BCUT2D eigenvalue weighted by Gasteiger charge is -2.08. The van der Waals surface area contributed by atoms with E-state index in [1.165, 1.54) is 0 Å². The number of hydrogen-bond acceptors (Lipinski definition) is 3. The second kappa shape index (κ2) is 7.36. The second-order valence-electron chi connectivity index (χ2n) is 3.89. The van der Waals surface area contributed by atoms with Crippen LogP contribution in [0.25, 0.3) is 0 Å². The largest absolute Gasteiger partial charge is 0.493 e. The molecule has 0 aliphatic heterocycles. The number of halogens is 2. The van der Waals surface area contributed by atoms with Gasteiger partial charge in [0.15, 0.2) is 9.84 Å². The smallest absolute Gasteiger partial charge is 0.153 e. The molecule has 0 saturated heterocycles. The van der Waals surface area contributed by atoms with E-state index in [1.807, 2.05) is 19.1 Å². The molecule has 0 N–H and O–H groups in total. The van der Waals surface area contributed by atoms with Gasteiger partial charge >= 0.3 is 0 Å². The van der Waals surface area contributed by atoms with E-state index >= 15 is 0 Å². The fourth-order valence-electron chi connectivity index (χ4n) is 1.44. The lowest BCUT2D eigenvalue weighted by Crippen LogP contribution is -2.16. The van der Waals surface area contributed by atoms with E-state index in [9.17, 15) is 8.42 Å². The molecule has 0 unspecified atom stereocenters. The molecule has 102 valence electrons. The third-order valence-corrected chi connectivity index (χ3v) is 5.22. The standard InChI is InChI=1S/C12H16BrClO3S/c1-2-6-18(15,16)7-5-17-11-3-4-12(13)10(8-11)9-14/h3-4,8H,2,5-7,9H2,1H3. The van der Waals surface area contributed by atoms with Crippen LogP contribution < -0.4 is 4.74 Å². The number of ether oxygens (including phenoxy) is 1. The van der Waals surface area contributed by atoms with Crippen LogP contribution in [-0.2, 0) is 15.7 Å². The van der Waals surface area contributed by atoms with E-state index in [0.29, 0.717) is 18.1 Å². The molecule has 0 fully saturated rings. The van der Waals surface area contributed by atoms with E-state index < -0.39 is 9.84 Å². The van der Waals surface area contributed by atoms with Gasteiger partial charge in [0, 0.05) is 10.4 Å². The molecule has 0 amide bonds. The summed E-state index contributed by atoms with van der Waals surface area (Å²) in [6.45, 7) is 2.02. The summed E-state index contributed by atoms with van der Waals surface area (Å²) in [4.78, 5) is 0. The third kappa shape index (κ3) is 5.16. The molecule has 18 heavy (non-hydrogen) atoms. The number of alkyl halides is 1. The van der Waals surface area contributed by atoms with E-state index in [4.69, 9.17) is 16.3 Å². The average Bonchev–Trinajstić information content (AvgIpc) is 2.31. The molecule has 0 aromatic heterocycles. The van der Waals surface area contributed by atoms with Crippen LogP contribution in [0.15, 0.2) is 22.7 Å². The first kappa shape index (κ1) is 15.8. The lowest BCUT2D eigenvalue weighted by molar-refractivity contribution is 0.340. The van der Waals surface area contributed by atoms with Crippen LogP contribution in [-0.4, -0.2) is 26.5 Å². The molecule has 0 saturated carbocycles. The molecular weight excluding hydrogens is 340 g/mol. The van der Waals surface area contributed by atoms with Crippen LogP contribution in [0.1, 0.15) is 18.9 Å². The van der Waals surface area contributed by atoms with Gasteiger partial charge in [-0.3, -0.25) is 0 Å². The number of benzene rings is 1. The van der Waals surface area contributed by atoms with Gasteiger partial charge < -0.3 is 4.74 Å². The van der Waals surface area contributed by atoms with Crippen LogP contribution in [0, 0.1) is 0 Å². The Bertz CT molecular complexity index is 488. The average molecular weight is 356 g/mol. The van der Waals surface area contributed by atoms with Crippen molar-refractivity contribution in [2.24, 2.45) is 0 Å². The van der Waals surface area contributed by atoms with E-state index in [1.54, 1.807) is 6.07 Å². The van der Waals surface area contributed by atoms with Gasteiger partial charge in [-0.15, -0.1) is 11.6 Å². The third-order valence-electron chi connectivity index (χ3n) is 2.34. The monoisotopic (exact) mass is 354 g/mol. The molecule has 0 aliphatic carbocycles. The maximum atomic E-state index is 11.5. The summed E-state index contributed by atoms with van der Waals surface area (Å²) < 4.78 is 29.3. The minimum Gasteiger partial charge on any atom is -0.493 e. The summed E-state index contributed by atoms with van der Waals surface area (Å²) in [6, 6.07) is 5.43. The van der Waals surface area contributed by atoms with Gasteiger partial charge in [0.2, 0.25) is 0 Å². The van der Waals surface area contributed by atoms with Crippen LogP contribution in [0.3, 0.4) is 0 Å². The Hall–Kier alpha value is -0.260. The summed E-state index contributed by atoms with van der Waals surface area (Å²) in [7, 11) is -2.99. The van der Waals surface area contributed by atoms with Crippen molar-refractivity contribution in [2.45, 2.75) is 19.2 Å². The highest BCUT2D eigenvalue weighted by Gasteiger charge is 2.09. The SMILES string of the molecule is CCCS(=O)(=O)CCOc1ccc(Br)c(CCl)c1. The van der Waals surface area contributed by atoms with Crippen molar-refractivity contribution in [3.05, 3.63) is 28.2 Å². The zero-order chi connectivity index (χ0) is 13.6. The summed E-state index contributed by atoms with van der Waals surface area (Å²) >= 11 is 9.15. The van der Waals surface area contributed by atoms with Gasteiger partial charge in [-0.05, 0) is 30.2 Å². The number of rotatable bonds is 7. The van der Waals surface area contributed by atoms with Crippen LogP contribution in [0.2, 0.25) is 0 Å². The Morgan fingerprint density at radius 1 is 1.33 bits per heavy atom. The highest BCUT2D eigenvalue weighted by molar-refractivity contribution is 9.10. The van der Waals surface area contributed by atoms with Crippen molar-refractivity contribution >= 4 is 37.4 Å². The molecule has 0 heterocycles. The normalized spacial score (nSPS) is 11.5. The number of sulfone groups is 1. The zero-order valence-electron chi connectivity index (χ0n) is 10.2. The molecule has 6 heteroatoms. The maximum Gasteiger partial charge on any atom is 0.153 e. The minimum atomic E-state index is -2.99. The van der Waals surface area contributed by atoms with Crippen molar-refractivity contribution in [3.8, 4) is 5.75 Å². The van der Waals surface area contributed by atoms with Crippen LogP contribution in [0.4, 0.5) is 0 Å². The van der Waals surface area contributed by atoms with Gasteiger partial charge in [0.25, 0.3) is 0 Å². The fourth-order valence-corrected chi connectivity index (χ4v) is 3.38. The first-order valence-corrected chi connectivity index (χ1v) is 8.81. The summed E-state index contributed by atoms with van der Waals surface area (Å²) in [5, 5.41) is 0. The Morgan fingerprint density at radius 3 is 2.67 bits per heavy atom. The summed E-state index contributed by atoms with van der Waals surface area (Å²) in [5.41, 5.74) is 0.922. The molecule has 1 aromatic carbocycles. The second-order valence-corrected chi connectivity index (χ2v) is 7.31. The molecule has 0 atom stereocenters. The van der Waals surface area contributed by atoms with Crippen molar-refractivity contribution in [2.75, 3.05) is 18.1 Å². The van der Waals surface area contributed by atoms with Crippen molar-refractivity contribution < 1.29 is 13.2 Å². The molecule has 0 spiro atoms. The van der Waals surface area contributed by atoms with Gasteiger partial charge in [-0.2, -0.15) is 0 Å². The van der Waals surface area contributed by atoms with Crippen molar-refractivity contribution in [1.82, 2.24) is 0 Å². The van der Waals surface area contributed by atoms with Crippen molar-refractivity contribution in [1.29, 1.82) is 0 Å². The van der Waals surface area contributed by atoms with E-state index in [-0.39, 0.29) is 18.1 Å². The topological polar surface area (TPSA) is 43.4 Å². The molecule has 0 radical (unpaired) electrons. The van der Waals surface area contributed by atoms with Gasteiger partial charge in [0.1, 0.15) is 12.4 Å². The summed E-state index contributed by atoms with van der Waals surface area (Å²) in [5.74, 6) is 1.28. The van der Waals surface area contributed by atoms with E-state index in [0.717, 1.165) is 10.0 Å². The predicted octanol–water partition coefficient (Wildman–Crippen LogP) is 3.39. The minimum absolute atomic E-state index is 0.0487. The quantitative estimate of drug-likeness (QED) is 0.704. The first-order chi connectivity index (χ1) is 8.48. The highest BCUT2D eigenvalue weighted by Crippen LogP contribution is 2.24. The molecular formula is C12H16BrClO3S. The van der Waals surface area contributed by atoms with E-state index in [2.05, 4.69) is 15.9 Å². The Labute approximate surface area is 122 Å². The lowest BCUT2D eigenvalue weighted by atomic mass is 10.2. The van der Waals surface area contributed by atoms with Crippen LogP contribution >= 0.6 is 27.5 Å².